The number of anilines is 9. The van der Waals surface area contributed by atoms with Gasteiger partial charge < -0.3 is 28.6 Å². The molecule has 0 N–H and O–H groups in total. The molecule has 15 aromatic carbocycles. The van der Waals surface area contributed by atoms with Crippen LogP contribution in [0.3, 0.4) is 0 Å². The number of rotatable bonds is 13. The number of hydrogen-bond donors (Lipinski definition) is 0. The van der Waals surface area contributed by atoms with Gasteiger partial charge in [0.2, 0.25) is 0 Å². The van der Waals surface area contributed by atoms with Gasteiger partial charge in [-0.1, -0.05) is 249 Å². The van der Waals surface area contributed by atoms with Crippen molar-refractivity contribution in [2.24, 2.45) is 0 Å². The van der Waals surface area contributed by atoms with Crippen molar-refractivity contribution >= 4 is 118 Å². The number of ether oxygens (including phenoxy) is 1. The summed E-state index contributed by atoms with van der Waals surface area (Å²) < 4.78 is 11.1. The zero-order valence-electron chi connectivity index (χ0n) is 82.5. The molecule has 2 aromatic heterocycles. The van der Waals surface area contributed by atoms with E-state index in [4.69, 9.17) is 4.74 Å². The number of aryl methyl sites for hydroxylation is 16. The summed E-state index contributed by atoms with van der Waals surface area (Å²) in [6, 6.07) is 104. The highest BCUT2D eigenvalue weighted by Gasteiger charge is 2.33. The molecule has 0 radical (unpaired) electrons. The van der Waals surface area contributed by atoms with Crippen LogP contribution in [-0.2, 0) is 23.7 Å². The van der Waals surface area contributed by atoms with Crippen molar-refractivity contribution in [3.8, 4) is 22.9 Å². The van der Waals surface area contributed by atoms with Gasteiger partial charge in [-0.05, 0) is 387 Å². The molecular formula is C124H133N5OS2. The molecule has 0 spiro atoms. The van der Waals surface area contributed by atoms with E-state index >= 15 is 0 Å². The van der Waals surface area contributed by atoms with E-state index in [9.17, 15) is 0 Å². The molecule has 0 fully saturated rings. The Labute approximate surface area is 796 Å². The molecular weight excluding hydrogens is 1640 g/mol. The molecule has 1 atom stereocenters. The first-order valence-electron chi connectivity index (χ1n) is 47.8. The molecule has 0 saturated heterocycles. The maximum Gasteiger partial charge on any atom is 0.151 e. The Morgan fingerprint density at radius 3 is 0.848 bits per heavy atom. The Morgan fingerprint density at radius 2 is 0.545 bits per heavy atom. The lowest BCUT2D eigenvalue weighted by molar-refractivity contribution is 0.476. The predicted octanol–water partition coefficient (Wildman–Crippen LogP) is 37.2. The Morgan fingerprint density at radius 1 is 0.280 bits per heavy atom. The fourth-order valence-corrected chi connectivity index (χ4v) is 21.5. The second-order valence-corrected chi connectivity index (χ2v) is 41.9. The number of unbranched alkanes of at least 4 members (excludes halogenated alkanes) is 2. The summed E-state index contributed by atoms with van der Waals surface area (Å²) in [5.41, 5.74) is 44.1. The number of fused-ring (bicyclic) bond motifs is 12. The number of nitrogens with zero attached hydrogens (tertiary/aromatic N) is 5. The maximum atomic E-state index is 6.31. The van der Waals surface area contributed by atoms with Gasteiger partial charge in [0.25, 0.3) is 0 Å². The van der Waals surface area contributed by atoms with E-state index in [0.717, 1.165) is 29.3 Å². The number of benzene rings is 15. The molecule has 20 rings (SSSR count). The van der Waals surface area contributed by atoms with E-state index in [2.05, 4.69) is 469 Å². The summed E-state index contributed by atoms with van der Waals surface area (Å²) >= 11 is 3.77. The van der Waals surface area contributed by atoms with Crippen LogP contribution in [0.2, 0.25) is 0 Å². The molecule has 3 aliphatic rings. The monoisotopic (exact) mass is 1770 g/mol. The summed E-state index contributed by atoms with van der Waals surface area (Å²) in [6.07, 6.45) is 8.50. The highest BCUT2D eigenvalue weighted by atomic mass is 32.2. The molecule has 0 aliphatic carbocycles. The fraction of sp³-hybridized carbons (Fsp3) is 0.274. The van der Waals surface area contributed by atoms with Gasteiger partial charge in [-0.25, -0.2) is 0 Å². The lowest BCUT2D eigenvalue weighted by Crippen LogP contribution is -2.19. The van der Waals surface area contributed by atoms with E-state index in [1.54, 1.807) is 0 Å². The minimum absolute atomic E-state index is 0.128. The molecule has 17 aromatic rings. The van der Waals surface area contributed by atoms with Crippen molar-refractivity contribution in [2.45, 2.75) is 247 Å². The zero-order valence-corrected chi connectivity index (χ0v) is 84.2. The van der Waals surface area contributed by atoms with E-state index < -0.39 is 0 Å². The van der Waals surface area contributed by atoms with Crippen LogP contribution >= 0.6 is 23.5 Å². The number of hydrogen-bond acceptors (Lipinski definition) is 6. The minimum Gasteiger partial charge on any atom is -0.453 e. The second kappa shape index (κ2) is 38.9. The molecule has 132 heavy (non-hydrogen) atoms. The van der Waals surface area contributed by atoms with Crippen LogP contribution in [0.4, 0.5) is 51.2 Å². The first-order chi connectivity index (χ1) is 63.2. The largest absolute Gasteiger partial charge is 0.453 e. The van der Waals surface area contributed by atoms with Gasteiger partial charge in [0.15, 0.2) is 11.5 Å². The van der Waals surface area contributed by atoms with Crippen molar-refractivity contribution in [3.05, 3.63) is 385 Å². The molecule has 5 heterocycles. The van der Waals surface area contributed by atoms with Crippen LogP contribution in [0.1, 0.15) is 213 Å². The second-order valence-electron chi connectivity index (χ2n) is 39.8. The molecule has 6 nitrogen and oxygen atoms in total. The van der Waals surface area contributed by atoms with Gasteiger partial charge in [-0.3, -0.25) is 0 Å². The normalized spacial score (nSPS) is 12.7. The van der Waals surface area contributed by atoms with E-state index in [1.165, 1.54) is 259 Å². The first kappa shape index (κ1) is 93.0. The summed E-state index contributed by atoms with van der Waals surface area (Å²) in [7, 11) is 0. The lowest BCUT2D eigenvalue weighted by Gasteiger charge is -2.36. The average Bonchev–Trinajstić information content (AvgIpc) is 1.77. The van der Waals surface area contributed by atoms with Crippen molar-refractivity contribution < 1.29 is 4.74 Å². The van der Waals surface area contributed by atoms with Crippen molar-refractivity contribution in [3.63, 3.8) is 0 Å². The van der Waals surface area contributed by atoms with Crippen molar-refractivity contribution in [1.29, 1.82) is 0 Å². The van der Waals surface area contributed by atoms with Crippen LogP contribution in [0.25, 0.3) is 55.0 Å². The van der Waals surface area contributed by atoms with Crippen LogP contribution in [0.15, 0.2) is 299 Å². The molecule has 8 heteroatoms. The molecule has 0 bridgehead atoms. The third-order valence-corrected chi connectivity index (χ3v) is 28.7. The SMILES string of the molecule is CCC(C)c1ccc(-n2c3ccc(C)cc3c3cc(C)ccc32)cc1.CCCCc1ccc(-n2c3ccc(C)cc3c3cc(C)ccc32)cc1.CCCCc1ccc(N2c3ccc(C)cc3Sc3cc(C)ccc32)cc1.Cc1ccc2c(c1)Oc1cc(C)ccc1N2c1c(C)cc(C(C)(C)C)cc1C.Cc1ccc2c(c1)Sc1cc(C)ccc1N2c1c(C)cc(C(C)(C)C)cc1C. The smallest absolute Gasteiger partial charge is 0.151 e. The molecule has 0 saturated carbocycles. The Bertz CT molecular complexity index is 6650. The van der Waals surface area contributed by atoms with E-state index in [0.29, 0.717) is 5.92 Å². The zero-order chi connectivity index (χ0) is 93.5. The van der Waals surface area contributed by atoms with Gasteiger partial charge in [0, 0.05) is 58.2 Å². The standard InChI is InChI=1S/C26H29NO.C26H29NS.C24H25NS.2C24H25N/c2*1-16-8-10-21-23(12-16)28-24-13-17(2)9-11-22(24)27(21)25-18(3)14-20(15-19(25)4)26(5,6)7;1-4-5-6-19-9-11-20(12-10-19)25-21-13-7-17(2)15-23(21)26-24-16-18(3)8-14-22(24)25;1-5-18(4)19-8-10-20(11-9-19)25-23-12-6-16(2)14-21(23)22-15-17(3)7-13-24(22)25;1-4-5-6-19-9-11-20(12-10-19)25-23-13-7-17(2)15-21(23)22-16-18(3)8-14-24(22)25/h2*8-15H,1-7H3;7-16H,4-6H2,1-3H3;6-15,18H,5H2,1-4H3;7-16H,4-6H2,1-3H3. The van der Waals surface area contributed by atoms with Crippen LogP contribution < -0.4 is 19.4 Å². The Kier molecular flexibility index (Phi) is 27.4. The number of aromatic nitrogens is 2. The van der Waals surface area contributed by atoms with Gasteiger partial charge in [-0.2, -0.15) is 0 Å². The van der Waals surface area contributed by atoms with Gasteiger partial charge in [0.05, 0.1) is 67.6 Å². The highest BCUT2D eigenvalue weighted by molar-refractivity contribution is 8.00. The Balaban J connectivity index is 0.000000120. The summed E-state index contributed by atoms with van der Waals surface area (Å²) in [6.45, 7) is 53.2. The van der Waals surface area contributed by atoms with Crippen LogP contribution in [0, 0.1) is 96.9 Å². The van der Waals surface area contributed by atoms with Gasteiger partial charge in [0.1, 0.15) is 0 Å². The molecule has 0 amide bonds. The van der Waals surface area contributed by atoms with Crippen molar-refractivity contribution in [1.82, 2.24) is 9.13 Å². The summed E-state index contributed by atoms with van der Waals surface area (Å²) in [5.74, 6) is 2.44. The fourth-order valence-electron chi connectivity index (χ4n) is 18.9. The van der Waals surface area contributed by atoms with Gasteiger partial charge in [-0.15, -0.1) is 0 Å². The Hall–Kier alpha value is -12.2. The first-order valence-corrected chi connectivity index (χ1v) is 49.5. The topological polar surface area (TPSA) is 28.8 Å². The minimum atomic E-state index is 0.128. The maximum absolute atomic E-state index is 6.31. The summed E-state index contributed by atoms with van der Waals surface area (Å²) in [4.78, 5) is 12.6. The van der Waals surface area contributed by atoms with Crippen LogP contribution in [0.5, 0.6) is 11.5 Å². The van der Waals surface area contributed by atoms with E-state index in [1.807, 2.05) is 23.5 Å². The summed E-state index contributed by atoms with van der Waals surface area (Å²) in [5, 5.41) is 5.36. The van der Waals surface area contributed by atoms with E-state index in [-0.39, 0.29) is 10.8 Å². The third-order valence-electron chi connectivity index (χ3n) is 26.5. The highest BCUT2D eigenvalue weighted by Crippen LogP contribution is 2.57. The molecule has 672 valence electrons. The van der Waals surface area contributed by atoms with Crippen LogP contribution in [-0.4, -0.2) is 9.13 Å². The lowest BCUT2D eigenvalue weighted by atomic mass is 9.84. The predicted molar refractivity (Wildman–Crippen MR) is 573 cm³/mol. The third kappa shape index (κ3) is 19.7. The molecule has 3 aliphatic heterocycles. The average molecular weight is 1770 g/mol. The quantitative estimate of drug-likeness (QED) is 0.114. The van der Waals surface area contributed by atoms with Gasteiger partial charge >= 0.3 is 0 Å². The molecule has 1 unspecified atom stereocenters. The van der Waals surface area contributed by atoms with Crippen molar-refractivity contribution in [2.75, 3.05) is 14.7 Å².